The molecule has 0 aliphatic heterocycles. The van der Waals surface area contributed by atoms with Crippen molar-refractivity contribution < 1.29 is 4.79 Å². The summed E-state index contributed by atoms with van der Waals surface area (Å²) in [5.41, 5.74) is 4.55. The molecule has 0 bridgehead atoms. The summed E-state index contributed by atoms with van der Waals surface area (Å²) in [5, 5.41) is 11.4. The largest absolute Gasteiger partial charge is 0.353 e. The molecule has 5 heteroatoms. The van der Waals surface area contributed by atoms with Crippen molar-refractivity contribution in [2.75, 3.05) is 6.54 Å². The van der Waals surface area contributed by atoms with Gasteiger partial charge in [0.2, 0.25) is 5.91 Å². The molecule has 1 fully saturated rings. The van der Waals surface area contributed by atoms with Crippen molar-refractivity contribution in [3.63, 3.8) is 0 Å². The van der Waals surface area contributed by atoms with Crippen LogP contribution in [0.3, 0.4) is 0 Å². The highest BCUT2D eigenvalue weighted by Crippen LogP contribution is 2.22. The van der Waals surface area contributed by atoms with E-state index in [2.05, 4.69) is 53.2 Å². The normalized spacial score (nSPS) is 13.4. The fraction of sp³-hybridized carbons (Fsp3) is 0.333. The number of carbonyl (C=O) groups is 1. The van der Waals surface area contributed by atoms with Crippen molar-refractivity contribution in [1.82, 2.24) is 20.4 Å². The van der Waals surface area contributed by atoms with Gasteiger partial charge in [-0.2, -0.15) is 5.10 Å². The van der Waals surface area contributed by atoms with E-state index < -0.39 is 0 Å². The smallest absolute Gasteiger partial charge is 0.220 e. The van der Waals surface area contributed by atoms with Gasteiger partial charge >= 0.3 is 0 Å². The average molecular weight is 389 g/mol. The minimum atomic E-state index is 0.176. The van der Waals surface area contributed by atoms with Gasteiger partial charge in [0, 0.05) is 36.3 Å². The van der Waals surface area contributed by atoms with Gasteiger partial charge in [0.25, 0.3) is 0 Å². The lowest BCUT2D eigenvalue weighted by Crippen LogP contribution is -2.26. The van der Waals surface area contributed by atoms with Crippen LogP contribution in [0.1, 0.15) is 36.8 Å². The summed E-state index contributed by atoms with van der Waals surface area (Å²) in [5.74, 6) is 0.176. The van der Waals surface area contributed by atoms with E-state index in [1.807, 2.05) is 28.9 Å². The maximum Gasteiger partial charge on any atom is 0.220 e. The second-order valence-corrected chi connectivity index (χ2v) is 7.67. The molecule has 0 radical (unpaired) electrons. The quantitative estimate of drug-likeness (QED) is 0.520. The molecule has 0 saturated heterocycles. The molecule has 29 heavy (non-hydrogen) atoms. The van der Waals surface area contributed by atoms with Crippen molar-refractivity contribution in [1.29, 1.82) is 0 Å². The number of hydrogen-bond acceptors (Lipinski definition) is 3. The number of carbonyl (C=O) groups excluding carboxylic acids is 1. The van der Waals surface area contributed by atoms with E-state index in [1.165, 1.54) is 11.1 Å². The first-order valence-electron chi connectivity index (χ1n) is 10.4. The molecule has 1 aliphatic rings. The number of benzene rings is 2. The second kappa shape index (κ2) is 9.52. The standard InChI is InChI=1S/C24H28N4O/c29-23(26-22-13-14-22)12-7-15-25-16-21-18-28(17-19-8-3-1-4-9-19)27-24(21)20-10-5-2-6-11-20/h1-6,8-11,18,22,25H,7,12-17H2,(H,26,29). The number of rotatable bonds is 10. The minimum Gasteiger partial charge on any atom is -0.353 e. The van der Waals surface area contributed by atoms with Crippen LogP contribution in [0.2, 0.25) is 0 Å². The Kier molecular flexibility index (Phi) is 6.37. The van der Waals surface area contributed by atoms with Crippen LogP contribution in [0.4, 0.5) is 0 Å². The molecule has 1 saturated carbocycles. The molecule has 1 heterocycles. The van der Waals surface area contributed by atoms with E-state index >= 15 is 0 Å². The fourth-order valence-corrected chi connectivity index (χ4v) is 3.41. The van der Waals surface area contributed by atoms with E-state index in [9.17, 15) is 4.79 Å². The van der Waals surface area contributed by atoms with Crippen molar-refractivity contribution >= 4 is 5.91 Å². The van der Waals surface area contributed by atoms with Crippen LogP contribution < -0.4 is 10.6 Å². The Balaban J connectivity index is 1.37. The lowest BCUT2D eigenvalue weighted by molar-refractivity contribution is -0.121. The van der Waals surface area contributed by atoms with E-state index in [-0.39, 0.29) is 5.91 Å². The van der Waals surface area contributed by atoms with Gasteiger partial charge in [-0.3, -0.25) is 9.48 Å². The molecule has 0 spiro atoms. The lowest BCUT2D eigenvalue weighted by atomic mass is 10.1. The zero-order chi connectivity index (χ0) is 19.9. The van der Waals surface area contributed by atoms with Crippen molar-refractivity contribution in [3.8, 4) is 11.3 Å². The molecule has 3 aromatic rings. The Labute approximate surface area is 172 Å². The van der Waals surface area contributed by atoms with E-state index in [0.717, 1.165) is 50.2 Å². The molecular weight excluding hydrogens is 360 g/mol. The number of amides is 1. The van der Waals surface area contributed by atoms with Gasteiger partial charge in [-0.25, -0.2) is 0 Å². The maximum atomic E-state index is 11.8. The summed E-state index contributed by atoms with van der Waals surface area (Å²) >= 11 is 0. The van der Waals surface area contributed by atoms with Crippen LogP contribution >= 0.6 is 0 Å². The summed E-state index contributed by atoms with van der Waals surface area (Å²) in [6.45, 7) is 2.31. The van der Waals surface area contributed by atoms with Crippen LogP contribution in [0, 0.1) is 0 Å². The third-order valence-electron chi connectivity index (χ3n) is 5.09. The predicted molar refractivity (Wildman–Crippen MR) is 115 cm³/mol. The number of aromatic nitrogens is 2. The van der Waals surface area contributed by atoms with Crippen LogP contribution in [0.5, 0.6) is 0 Å². The summed E-state index contributed by atoms with van der Waals surface area (Å²) in [7, 11) is 0. The molecule has 2 aromatic carbocycles. The Bertz CT molecular complexity index is 917. The number of nitrogens with one attached hydrogen (secondary N) is 2. The van der Waals surface area contributed by atoms with Gasteiger partial charge in [-0.15, -0.1) is 0 Å². The average Bonchev–Trinajstić information content (AvgIpc) is 3.47. The predicted octanol–water partition coefficient (Wildman–Crippen LogP) is 3.75. The first-order valence-corrected chi connectivity index (χ1v) is 10.4. The zero-order valence-electron chi connectivity index (χ0n) is 16.7. The third-order valence-corrected chi connectivity index (χ3v) is 5.09. The van der Waals surface area contributed by atoms with Crippen molar-refractivity contribution in [3.05, 3.63) is 78.0 Å². The summed E-state index contributed by atoms with van der Waals surface area (Å²) in [6.07, 6.45) is 5.83. The third kappa shape index (κ3) is 5.78. The van der Waals surface area contributed by atoms with E-state index in [0.29, 0.717) is 12.5 Å². The van der Waals surface area contributed by atoms with Gasteiger partial charge in [0.1, 0.15) is 0 Å². The maximum absolute atomic E-state index is 11.8. The highest BCUT2D eigenvalue weighted by Gasteiger charge is 2.22. The molecule has 0 unspecified atom stereocenters. The van der Waals surface area contributed by atoms with Gasteiger partial charge < -0.3 is 10.6 Å². The van der Waals surface area contributed by atoms with Crippen LogP contribution in [0.15, 0.2) is 66.9 Å². The number of nitrogens with zero attached hydrogens (tertiary/aromatic N) is 2. The first-order chi connectivity index (χ1) is 14.3. The van der Waals surface area contributed by atoms with Gasteiger partial charge in [-0.1, -0.05) is 60.7 Å². The van der Waals surface area contributed by atoms with Gasteiger partial charge in [0.15, 0.2) is 0 Å². The summed E-state index contributed by atoms with van der Waals surface area (Å²) in [4.78, 5) is 11.8. The highest BCUT2D eigenvalue weighted by molar-refractivity contribution is 5.76. The molecule has 5 nitrogen and oxygen atoms in total. The van der Waals surface area contributed by atoms with Gasteiger partial charge in [-0.05, 0) is 31.4 Å². The molecule has 1 aromatic heterocycles. The Morgan fingerprint density at radius 3 is 2.48 bits per heavy atom. The highest BCUT2D eigenvalue weighted by atomic mass is 16.1. The Hall–Kier alpha value is -2.92. The Morgan fingerprint density at radius 2 is 1.76 bits per heavy atom. The van der Waals surface area contributed by atoms with Crippen LogP contribution in [-0.2, 0) is 17.9 Å². The molecule has 0 atom stereocenters. The molecule has 1 aliphatic carbocycles. The minimum absolute atomic E-state index is 0.176. The monoisotopic (exact) mass is 388 g/mol. The topological polar surface area (TPSA) is 59.0 Å². The van der Waals surface area contributed by atoms with Crippen LogP contribution in [-0.4, -0.2) is 28.3 Å². The molecule has 1 amide bonds. The van der Waals surface area contributed by atoms with Crippen LogP contribution in [0.25, 0.3) is 11.3 Å². The van der Waals surface area contributed by atoms with Crippen molar-refractivity contribution in [2.45, 2.75) is 44.8 Å². The zero-order valence-corrected chi connectivity index (χ0v) is 16.7. The lowest BCUT2D eigenvalue weighted by Gasteiger charge is -2.06. The molecule has 4 rings (SSSR count). The van der Waals surface area contributed by atoms with Crippen molar-refractivity contribution in [2.24, 2.45) is 0 Å². The number of hydrogen-bond donors (Lipinski definition) is 2. The van der Waals surface area contributed by atoms with E-state index in [1.54, 1.807) is 0 Å². The van der Waals surface area contributed by atoms with E-state index in [4.69, 9.17) is 5.10 Å². The second-order valence-electron chi connectivity index (χ2n) is 7.67. The molecule has 2 N–H and O–H groups in total. The fourth-order valence-electron chi connectivity index (χ4n) is 3.41. The summed E-state index contributed by atoms with van der Waals surface area (Å²) < 4.78 is 2.01. The summed E-state index contributed by atoms with van der Waals surface area (Å²) in [6, 6.07) is 21.1. The SMILES string of the molecule is O=C(CCCNCc1cn(Cc2ccccc2)nc1-c1ccccc1)NC1CC1. The van der Waals surface area contributed by atoms with Gasteiger partial charge in [0.05, 0.1) is 12.2 Å². The Morgan fingerprint density at radius 1 is 1.03 bits per heavy atom. The first kappa shape index (κ1) is 19.4. The molecular formula is C24H28N4O. The molecule has 150 valence electrons.